The number of hydrogen-bond donors (Lipinski definition) is 1. The number of ether oxygens (including phenoxy) is 1. The summed E-state index contributed by atoms with van der Waals surface area (Å²) in [6.07, 6.45) is 6.19. The fourth-order valence-electron chi connectivity index (χ4n) is 4.99. The molecule has 0 unspecified atom stereocenters. The van der Waals surface area contributed by atoms with Crippen LogP contribution in [0.4, 0.5) is 0 Å². The Bertz CT molecular complexity index is 1550. The van der Waals surface area contributed by atoms with Crippen LogP contribution in [0.25, 0.3) is 33.6 Å². The van der Waals surface area contributed by atoms with E-state index in [0.29, 0.717) is 37.0 Å². The first-order chi connectivity index (χ1) is 18.1. The van der Waals surface area contributed by atoms with Crippen molar-refractivity contribution in [3.8, 4) is 33.6 Å². The van der Waals surface area contributed by atoms with E-state index >= 15 is 0 Å². The molecule has 3 aliphatic rings. The van der Waals surface area contributed by atoms with Gasteiger partial charge in [-0.05, 0) is 63.7 Å². The average Bonchev–Trinajstić information content (AvgIpc) is 3.37. The van der Waals surface area contributed by atoms with Gasteiger partial charge in [0.05, 0.1) is 31.4 Å². The zero-order valence-electron chi connectivity index (χ0n) is 20.5. The zero-order chi connectivity index (χ0) is 25.5. The Labute approximate surface area is 221 Å². The van der Waals surface area contributed by atoms with Gasteiger partial charge in [0.15, 0.2) is 5.69 Å². The highest BCUT2D eigenvalue weighted by Crippen LogP contribution is 2.49. The number of benzene rings is 1. The Kier molecular flexibility index (Phi) is 6.11. The summed E-state index contributed by atoms with van der Waals surface area (Å²) in [5.74, 6) is 1.36. The average molecular weight is 561 g/mol. The standard InChI is InChI=1S/C27H25BrN6O3/c1-3-21-29-24(15-9-10-15)25(27(35)37-4-2)34(21)13-19-16-11-12-36-14-20(16)23(28)22(19)17-7-5-6-8-18(17)26-30-32-33-31-26/h5-8,11-12,14-15H,3-4,9-10,13H2,1-2H3,(H,30,31,32,33). The number of esters is 1. The molecule has 3 aromatic rings. The molecule has 10 heteroatoms. The summed E-state index contributed by atoms with van der Waals surface area (Å²) in [5, 5.41) is 14.8. The first-order valence-corrected chi connectivity index (χ1v) is 13.2. The molecule has 0 amide bonds. The van der Waals surface area contributed by atoms with Crippen LogP contribution in [0, 0.1) is 0 Å². The van der Waals surface area contributed by atoms with Crippen molar-refractivity contribution in [2.75, 3.05) is 6.61 Å². The van der Waals surface area contributed by atoms with Crippen molar-refractivity contribution >= 4 is 21.9 Å². The van der Waals surface area contributed by atoms with Gasteiger partial charge in [-0.25, -0.2) is 9.78 Å². The van der Waals surface area contributed by atoms with Crippen LogP contribution < -0.4 is 0 Å². The molecule has 37 heavy (non-hydrogen) atoms. The summed E-state index contributed by atoms with van der Waals surface area (Å²) >= 11 is 3.86. The van der Waals surface area contributed by atoms with Gasteiger partial charge in [0.1, 0.15) is 5.82 Å². The van der Waals surface area contributed by atoms with Crippen LogP contribution in [0.1, 0.15) is 60.2 Å². The quantitative estimate of drug-likeness (QED) is 0.236. The molecular formula is C27H25BrN6O3. The van der Waals surface area contributed by atoms with Crippen molar-refractivity contribution in [2.24, 2.45) is 0 Å². The van der Waals surface area contributed by atoms with Crippen LogP contribution >= 0.6 is 15.9 Å². The van der Waals surface area contributed by atoms with Gasteiger partial charge >= 0.3 is 5.97 Å². The second-order valence-corrected chi connectivity index (χ2v) is 9.82. The molecule has 0 bridgehead atoms. The monoisotopic (exact) mass is 560 g/mol. The molecule has 1 aromatic carbocycles. The number of aryl methyl sites for hydroxylation is 1. The number of carbonyl (C=O) groups is 1. The summed E-state index contributed by atoms with van der Waals surface area (Å²) in [6, 6.07) is 9.92. The normalized spacial score (nSPS) is 13.4. The molecule has 188 valence electrons. The van der Waals surface area contributed by atoms with Gasteiger partial charge in [0.25, 0.3) is 0 Å². The van der Waals surface area contributed by atoms with Gasteiger partial charge < -0.3 is 13.7 Å². The van der Waals surface area contributed by atoms with E-state index in [4.69, 9.17) is 14.1 Å². The number of hydrogen-bond acceptors (Lipinski definition) is 7. The number of aromatic nitrogens is 6. The summed E-state index contributed by atoms with van der Waals surface area (Å²) in [6.45, 7) is 4.65. The number of aromatic amines is 1. The molecule has 2 aromatic heterocycles. The molecule has 0 atom stereocenters. The number of imidazole rings is 1. The molecule has 3 heterocycles. The van der Waals surface area contributed by atoms with E-state index in [9.17, 15) is 4.79 Å². The number of halogens is 1. The van der Waals surface area contributed by atoms with Gasteiger partial charge in [-0.15, -0.1) is 10.2 Å². The van der Waals surface area contributed by atoms with E-state index in [-0.39, 0.29) is 5.97 Å². The summed E-state index contributed by atoms with van der Waals surface area (Å²) in [5.41, 5.74) is 7.18. The van der Waals surface area contributed by atoms with Gasteiger partial charge in [0.2, 0.25) is 5.82 Å². The van der Waals surface area contributed by atoms with Crippen molar-refractivity contribution in [1.29, 1.82) is 0 Å². The predicted molar refractivity (Wildman–Crippen MR) is 140 cm³/mol. The van der Waals surface area contributed by atoms with E-state index < -0.39 is 0 Å². The first-order valence-electron chi connectivity index (χ1n) is 12.4. The molecule has 0 spiro atoms. The molecular weight excluding hydrogens is 536 g/mol. The molecule has 1 aliphatic heterocycles. The second kappa shape index (κ2) is 9.59. The van der Waals surface area contributed by atoms with Crippen molar-refractivity contribution in [3.63, 3.8) is 0 Å². The number of carbonyl (C=O) groups excluding carboxylic acids is 1. The van der Waals surface area contributed by atoms with E-state index in [1.165, 1.54) is 0 Å². The molecule has 0 saturated heterocycles. The summed E-state index contributed by atoms with van der Waals surface area (Å²) < 4.78 is 14.0. The third-order valence-corrected chi connectivity index (χ3v) is 7.62. The van der Waals surface area contributed by atoms with Crippen molar-refractivity contribution in [3.05, 3.63) is 70.1 Å². The number of rotatable bonds is 8. The van der Waals surface area contributed by atoms with Crippen LogP contribution in [0.2, 0.25) is 0 Å². The number of nitrogens with zero attached hydrogens (tertiary/aromatic N) is 5. The van der Waals surface area contributed by atoms with Crippen LogP contribution in [-0.4, -0.2) is 42.8 Å². The van der Waals surface area contributed by atoms with Crippen LogP contribution in [0.5, 0.6) is 0 Å². The minimum Gasteiger partial charge on any atom is -0.472 e. The third-order valence-electron chi connectivity index (χ3n) is 6.79. The number of fused-ring (bicyclic) bond motifs is 1. The molecule has 9 nitrogen and oxygen atoms in total. The SMILES string of the molecule is CCOC(=O)c1c(C2CC2)nc(CC)n1Cc1c2ccocc-2c(Br)c1-c1ccccc1-c1nn[nH]n1. The summed E-state index contributed by atoms with van der Waals surface area (Å²) in [7, 11) is 0. The smallest absolute Gasteiger partial charge is 0.356 e. The Balaban J connectivity index is 1.59. The number of nitrogens with one attached hydrogen (secondary N) is 1. The van der Waals surface area contributed by atoms with E-state index in [0.717, 1.165) is 62.2 Å². The van der Waals surface area contributed by atoms with Crippen molar-refractivity contribution < 1.29 is 13.9 Å². The zero-order valence-corrected chi connectivity index (χ0v) is 22.1. The molecule has 1 N–H and O–H groups in total. The van der Waals surface area contributed by atoms with E-state index in [1.54, 1.807) is 12.5 Å². The highest BCUT2D eigenvalue weighted by molar-refractivity contribution is 9.10. The minimum atomic E-state index is -0.324. The van der Waals surface area contributed by atoms with Crippen LogP contribution in [-0.2, 0) is 17.7 Å². The fourth-order valence-corrected chi connectivity index (χ4v) is 5.75. The maximum atomic E-state index is 13.2. The predicted octanol–water partition coefficient (Wildman–Crippen LogP) is 5.86. The van der Waals surface area contributed by atoms with E-state index in [2.05, 4.69) is 43.5 Å². The van der Waals surface area contributed by atoms with Crippen LogP contribution in [0.15, 0.2) is 51.7 Å². The highest BCUT2D eigenvalue weighted by Gasteiger charge is 2.35. The molecule has 1 saturated carbocycles. The molecule has 6 rings (SSSR count). The van der Waals surface area contributed by atoms with Gasteiger partial charge in [0, 0.05) is 33.5 Å². The van der Waals surface area contributed by atoms with E-state index in [1.807, 2.05) is 41.8 Å². The fraction of sp³-hybridized carbons (Fsp3) is 0.296. The lowest BCUT2D eigenvalue weighted by molar-refractivity contribution is 0.0512. The lowest BCUT2D eigenvalue weighted by atomic mass is 9.97. The largest absolute Gasteiger partial charge is 0.472 e. The lowest BCUT2D eigenvalue weighted by Gasteiger charge is -2.15. The Morgan fingerprint density at radius 3 is 2.68 bits per heavy atom. The molecule has 2 aliphatic carbocycles. The van der Waals surface area contributed by atoms with Gasteiger partial charge in [-0.3, -0.25) is 0 Å². The lowest BCUT2D eigenvalue weighted by Crippen LogP contribution is -2.16. The first kappa shape index (κ1) is 23.6. The maximum absolute atomic E-state index is 13.2. The second-order valence-electron chi connectivity index (χ2n) is 9.03. The van der Waals surface area contributed by atoms with Crippen molar-refractivity contribution in [2.45, 2.75) is 45.6 Å². The topological polar surface area (TPSA) is 112 Å². The molecule has 1 fully saturated rings. The maximum Gasteiger partial charge on any atom is 0.356 e. The highest BCUT2D eigenvalue weighted by atomic mass is 79.9. The van der Waals surface area contributed by atoms with Gasteiger partial charge in [-0.2, -0.15) is 5.21 Å². The van der Waals surface area contributed by atoms with Crippen molar-refractivity contribution in [1.82, 2.24) is 30.2 Å². The Morgan fingerprint density at radius 1 is 1.16 bits per heavy atom. The minimum absolute atomic E-state index is 0.311. The summed E-state index contributed by atoms with van der Waals surface area (Å²) in [4.78, 5) is 18.2. The Hall–Kier alpha value is -3.79. The van der Waals surface area contributed by atoms with Gasteiger partial charge in [-0.1, -0.05) is 31.2 Å². The number of tetrazole rings is 1. The Morgan fingerprint density at radius 2 is 1.97 bits per heavy atom. The number of H-pyrrole nitrogens is 1. The third kappa shape index (κ3) is 4.05. The van der Waals surface area contributed by atoms with Crippen LogP contribution in [0.3, 0.4) is 0 Å². The molecule has 0 radical (unpaired) electrons.